The zero-order chi connectivity index (χ0) is 13.3. The summed E-state index contributed by atoms with van der Waals surface area (Å²) in [7, 11) is -1.83. The van der Waals surface area contributed by atoms with E-state index in [-0.39, 0.29) is 17.0 Å². The number of rotatable bonds is 5. The zero-order valence-electron chi connectivity index (χ0n) is 9.85. The summed E-state index contributed by atoms with van der Waals surface area (Å²) in [4.78, 5) is 1.11. The van der Waals surface area contributed by atoms with Gasteiger partial charge in [-0.1, -0.05) is 0 Å². The van der Waals surface area contributed by atoms with Crippen molar-refractivity contribution in [3.05, 3.63) is 14.7 Å². The number of ether oxygens (including phenoxy) is 1. The van der Waals surface area contributed by atoms with Crippen LogP contribution in [0.15, 0.2) is 14.7 Å². The van der Waals surface area contributed by atoms with Crippen molar-refractivity contribution in [1.29, 1.82) is 0 Å². The molecule has 8 heteroatoms. The van der Waals surface area contributed by atoms with Gasteiger partial charge in [0.1, 0.15) is 4.90 Å². The summed E-state index contributed by atoms with van der Waals surface area (Å²) in [6.45, 7) is 0.341. The Morgan fingerprint density at radius 2 is 2.28 bits per heavy atom. The van der Waals surface area contributed by atoms with Crippen molar-refractivity contribution < 1.29 is 13.2 Å². The molecule has 18 heavy (non-hydrogen) atoms. The minimum atomic E-state index is -3.47. The Hall–Kier alpha value is 0.01000. The van der Waals surface area contributed by atoms with Crippen molar-refractivity contribution in [2.75, 3.05) is 7.11 Å². The third-order valence-corrected chi connectivity index (χ3v) is 6.74. The standard InChI is InChI=1S/C10H15BrN2O3S2/c1-16-7-2-6(3-7)13-18(14,15)9-4-8(5-12)17-10(9)11/h4,6-7,13H,2-3,5,12H2,1H3. The molecule has 102 valence electrons. The van der Waals surface area contributed by atoms with Gasteiger partial charge in [-0.25, -0.2) is 13.1 Å². The lowest BCUT2D eigenvalue weighted by atomic mass is 9.90. The van der Waals surface area contributed by atoms with Crippen molar-refractivity contribution in [3.8, 4) is 0 Å². The van der Waals surface area contributed by atoms with Crippen LogP contribution in [0.3, 0.4) is 0 Å². The highest BCUT2D eigenvalue weighted by Gasteiger charge is 2.33. The van der Waals surface area contributed by atoms with E-state index in [0.29, 0.717) is 10.3 Å². The number of nitrogens with one attached hydrogen (secondary N) is 1. The van der Waals surface area contributed by atoms with Gasteiger partial charge in [0.25, 0.3) is 0 Å². The number of hydrogen-bond donors (Lipinski definition) is 2. The molecule has 1 aromatic rings. The summed E-state index contributed by atoms with van der Waals surface area (Å²) in [5.41, 5.74) is 5.51. The Morgan fingerprint density at radius 1 is 1.61 bits per heavy atom. The first kappa shape index (κ1) is 14.4. The normalized spacial score (nSPS) is 23.9. The third-order valence-electron chi connectivity index (χ3n) is 2.95. The maximum atomic E-state index is 12.2. The summed E-state index contributed by atoms with van der Waals surface area (Å²) in [5.74, 6) is 0. The smallest absolute Gasteiger partial charge is 0.242 e. The maximum Gasteiger partial charge on any atom is 0.242 e. The van der Waals surface area contributed by atoms with Crippen LogP contribution in [0.2, 0.25) is 0 Å². The highest BCUT2D eigenvalue weighted by atomic mass is 79.9. The number of halogens is 1. The SMILES string of the molecule is COC1CC(NS(=O)(=O)c2cc(CN)sc2Br)C1. The first-order valence-electron chi connectivity index (χ1n) is 5.49. The van der Waals surface area contributed by atoms with Crippen molar-refractivity contribution >= 4 is 37.3 Å². The van der Waals surface area contributed by atoms with Crippen LogP contribution >= 0.6 is 27.3 Å². The van der Waals surface area contributed by atoms with Crippen LogP contribution in [-0.2, 0) is 21.3 Å². The van der Waals surface area contributed by atoms with Crippen molar-refractivity contribution in [3.63, 3.8) is 0 Å². The molecule has 0 aliphatic heterocycles. The minimum absolute atomic E-state index is 0.0342. The molecule has 0 atom stereocenters. The van der Waals surface area contributed by atoms with Crippen molar-refractivity contribution in [2.45, 2.75) is 36.4 Å². The molecule has 1 aromatic heterocycles. The van der Waals surface area contributed by atoms with E-state index >= 15 is 0 Å². The van der Waals surface area contributed by atoms with E-state index in [1.165, 1.54) is 11.3 Å². The van der Waals surface area contributed by atoms with Gasteiger partial charge in [-0.15, -0.1) is 11.3 Å². The molecule has 1 aliphatic carbocycles. The van der Waals surface area contributed by atoms with E-state index in [9.17, 15) is 8.42 Å². The second kappa shape index (κ2) is 5.56. The monoisotopic (exact) mass is 354 g/mol. The molecular weight excluding hydrogens is 340 g/mol. The van der Waals surface area contributed by atoms with Crippen LogP contribution in [0, 0.1) is 0 Å². The second-order valence-corrected chi connectivity index (χ2v) is 8.34. The molecule has 5 nitrogen and oxygen atoms in total. The summed E-state index contributed by atoms with van der Waals surface area (Å²) in [5, 5.41) is 0. The highest BCUT2D eigenvalue weighted by molar-refractivity contribution is 9.11. The van der Waals surface area contributed by atoms with Crippen LogP contribution < -0.4 is 10.5 Å². The second-order valence-electron chi connectivity index (χ2n) is 4.20. The number of hydrogen-bond acceptors (Lipinski definition) is 5. The summed E-state index contributed by atoms with van der Waals surface area (Å²) >= 11 is 4.62. The molecule has 0 radical (unpaired) electrons. The first-order chi connectivity index (χ1) is 8.46. The molecule has 0 spiro atoms. The Kier molecular flexibility index (Phi) is 4.45. The van der Waals surface area contributed by atoms with E-state index in [0.717, 1.165) is 17.7 Å². The predicted octanol–water partition coefficient (Wildman–Crippen LogP) is 1.42. The van der Waals surface area contributed by atoms with Gasteiger partial charge in [-0.2, -0.15) is 0 Å². The molecule has 2 rings (SSSR count). The molecule has 0 aromatic carbocycles. The largest absolute Gasteiger partial charge is 0.381 e. The Bertz CT molecular complexity index is 523. The molecule has 1 saturated carbocycles. The fraction of sp³-hybridized carbons (Fsp3) is 0.600. The summed E-state index contributed by atoms with van der Waals surface area (Å²) in [6, 6.07) is 1.58. The van der Waals surface area contributed by atoms with Crippen LogP contribution in [0.5, 0.6) is 0 Å². The third kappa shape index (κ3) is 2.94. The topological polar surface area (TPSA) is 81.4 Å². The molecule has 3 N–H and O–H groups in total. The fourth-order valence-corrected chi connectivity index (χ4v) is 5.64. The number of methoxy groups -OCH3 is 1. The molecule has 0 amide bonds. The molecule has 1 aliphatic rings. The van der Waals surface area contributed by atoms with E-state index in [1.807, 2.05) is 0 Å². The van der Waals surface area contributed by atoms with E-state index in [2.05, 4.69) is 20.7 Å². The van der Waals surface area contributed by atoms with Gasteiger partial charge < -0.3 is 10.5 Å². The summed E-state index contributed by atoms with van der Waals surface area (Å²) < 4.78 is 32.7. The van der Waals surface area contributed by atoms with E-state index < -0.39 is 10.0 Å². The number of thiophene rings is 1. The maximum absolute atomic E-state index is 12.2. The van der Waals surface area contributed by atoms with Gasteiger partial charge in [-0.3, -0.25) is 0 Å². The molecule has 1 fully saturated rings. The molecular formula is C10H15BrN2O3S2. The van der Waals surface area contributed by atoms with Crippen LogP contribution in [-0.4, -0.2) is 27.7 Å². The first-order valence-corrected chi connectivity index (χ1v) is 8.59. The zero-order valence-corrected chi connectivity index (χ0v) is 13.1. The van der Waals surface area contributed by atoms with Gasteiger partial charge in [0.2, 0.25) is 10.0 Å². The molecule has 0 unspecified atom stereocenters. The van der Waals surface area contributed by atoms with Gasteiger partial charge >= 0.3 is 0 Å². The highest BCUT2D eigenvalue weighted by Crippen LogP contribution is 2.32. The number of nitrogens with two attached hydrogens (primary N) is 1. The lowest BCUT2D eigenvalue weighted by Crippen LogP contribution is -2.47. The van der Waals surface area contributed by atoms with Crippen molar-refractivity contribution in [2.24, 2.45) is 5.73 Å². The van der Waals surface area contributed by atoms with Crippen molar-refractivity contribution in [1.82, 2.24) is 4.72 Å². The quantitative estimate of drug-likeness (QED) is 0.837. The molecule has 1 heterocycles. The van der Waals surface area contributed by atoms with Gasteiger partial charge in [-0.05, 0) is 34.8 Å². The summed E-state index contributed by atoms with van der Waals surface area (Å²) in [6.07, 6.45) is 1.62. The Balaban J connectivity index is 2.09. The minimum Gasteiger partial charge on any atom is -0.381 e. The lowest BCUT2D eigenvalue weighted by Gasteiger charge is -2.34. The average molecular weight is 355 g/mol. The van der Waals surface area contributed by atoms with Crippen LogP contribution in [0.4, 0.5) is 0 Å². The van der Waals surface area contributed by atoms with Crippen LogP contribution in [0.1, 0.15) is 17.7 Å². The van der Waals surface area contributed by atoms with Gasteiger partial charge in [0, 0.05) is 24.6 Å². The van der Waals surface area contributed by atoms with E-state index in [1.54, 1.807) is 13.2 Å². The molecule has 0 bridgehead atoms. The number of sulfonamides is 1. The lowest BCUT2D eigenvalue weighted by molar-refractivity contribution is 0.0236. The Morgan fingerprint density at radius 3 is 2.78 bits per heavy atom. The van der Waals surface area contributed by atoms with Gasteiger partial charge in [0.05, 0.1) is 9.89 Å². The van der Waals surface area contributed by atoms with Crippen LogP contribution in [0.25, 0.3) is 0 Å². The van der Waals surface area contributed by atoms with E-state index in [4.69, 9.17) is 10.5 Å². The Labute approximate surface area is 119 Å². The fourth-order valence-electron chi connectivity index (χ4n) is 1.82. The average Bonchev–Trinajstić information content (AvgIpc) is 2.65. The van der Waals surface area contributed by atoms with Gasteiger partial charge in [0.15, 0.2) is 0 Å². The molecule has 0 saturated heterocycles. The predicted molar refractivity (Wildman–Crippen MR) is 74.1 cm³/mol.